The summed E-state index contributed by atoms with van der Waals surface area (Å²) in [4.78, 5) is 40.9. The molecule has 8 heteroatoms. The molecule has 4 atom stereocenters. The van der Waals surface area contributed by atoms with Gasteiger partial charge in [-0.25, -0.2) is 4.79 Å². The van der Waals surface area contributed by atoms with Gasteiger partial charge < -0.3 is 25.0 Å². The van der Waals surface area contributed by atoms with E-state index in [1.807, 2.05) is 71.9 Å². The second kappa shape index (κ2) is 14.9. The Bertz CT molecular complexity index is 908. The molecule has 2 N–H and O–H groups in total. The van der Waals surface area contributed by atoms with Crippen molar-refractivity contribution in [3.8, 4) is 0 Å². The number of ether oxygens (including phenoxy) is 2. The SMILES string of the molecule is CCOC(=O)/C(C)=C/[C@H](C(C)C)N(C)C(=O)[C@@H](NC(=O)[C@@H](NC)C(C)OCc1ccccc1)C(C)(C)C. The number of hydrogen-bond acceptors (Lipinski definition) is 6. The number of benzene rings is 1. The fourth-order valence-corrected chi connectivity index (χ4v) is 4.03. The van der Waals surface area contributed by atoms with E-state index < -0.39 is 29.6 Å². The molecule has 0 aliphatic carbocycles. The number of amides is 2. The molecule has 0 aliphatic heterocycles. The van der Waals surface area contributed by atoms with Crippen molar-refractivity contribution in [2.75, 3.05) is 20.7 Å². The predicted molar refractivity (Wildman–Crippen MR) is 147 cm³/mol. The highest BCUT2D eigenvalue weighted by atomic mass is 16.5. The van der Waals surface area contributed by atoms with Crippen LogP contribution in [0.15, 0.2) is 42.0 Å². The van der Waals surface area contributed by atoms with Gasteiger partial charge in [-0.3, -0.25) is 9.59 Å². The number of carbonyl (C=O) groups excluding carboxylic acids is 3. The monoisotopic (exact) mass is 517 g/mol. The van der Waals surface area contributed by atoms with Crippen LogP contribution < -0.4 is 10.6 Å². The number of esters is 1. The standard InChI is InChI=1S/C29H47N3O5/c1-11-36-28(35)20(4)17-23(19(2)3)32(10)27(34)25(29(6,7)8)31-26(33)24(30-9)21(5)37-18-22-15-13-12-14-16-22/h12-17,19,21,23-25,30H,11,18H2,1-10H3,(H,31,33)/b20-17+/t21?,23-,24+,25-/m1/s1. The molecule has 1 aromatic carbocycles. The zero-order valence-corrected chi connectivity index (χ0v) is 24.3. The van der Waals surface area contributed by atoms with Crippen molar-refractivity contribution in [1.82, 2.24) is 15.5 Å². The number of carbonyl (C=O) groups is 3. The number of hydrogen-bond donors (Lipinski definition) is 2. The predicted octanol–water partition coefficient (Wildman–Crippen LogP) is 3.70. The molecular formula is C29H47N3O5. The van der Waals surface area contributed by atoms with Gasteiger partial charge in [-0.2, -0.15) is 0 Å². The third kappa shape index (κ3) is 9.93. The van der Waals surface area contributed by atoms with E-state index in [0.717, 1.165) is 5.56 Å². The Hall–Kier alpha value is -2.71. The van der Waals surface area contributed by atoms with Crippen molar-refractivity contribution in [3.05, 3.63) is 47.5 Å². The van der Waals surface area contributed by atoms with E-state index >= 15 is 0 Å². The topological polar surface area (TPSA) is 97.0 Å². The second-order valence-electron chi connectivity index (χ2n) is 10.8. The average Bonchev–Trinajstić information content (AvgIpc) is 2.83. The summed E-state index contributed by atoms with van der Waals surface area (Å²) in [5, 5.41) is 6.00. The molecule has 0 heterocycles. The lowest BCUT2D eigenvalue weighted by atomic mass is 9.84. The average molecular weight is 518 g/mol. The van der Waals surface area contributed by atoms with E-state index in [-0.39, 0.29) is 30.4 Å². The van der Waals surface area contributed by atoms with Gasteiger partial charge in [0.1, 0.15) is 12.1 Å². The smallest absolute Gasteiger partial charge is 0.333 e. The summed E-state index contributed by atoms with van der Waals surface area (Å²) in [5.74, 6) is -0.925. The van der Waals surface area contributed by atoms with Gasteiger partial charge in [-0.15, -0.1) is 0 Å². The highest BCUT2D eigenvalue weighted by Crippen LogP contribution is 2.24. The van der Waals surface area contributed by atoms with Crippen LogP contribution >= 0.6 is 0 Å². The van der Waals surface area contributed by atoms with Crippen LogP contribution in [0.4, 0.5) is 0 Å². The fourth-order valence-electron chi connectivity index (χ4n) is 4.03. The molecule has 1 rings (SSSR count). The molecule has 0 radical (unpaired) electrons. The number of likely N-dealkylation sites (N-methyl/N-ethyl adjacent to an activating group) is 2. The molecule has 37 heavy (non-hydrogen) atoms. The molecule has 0 saturated heterocycles. The van der Waals surface area contributed by atoms with Crippen molar-refractivity contribution < 1.29 is 23.9 Å². The molecule has 0 saturated carbocycles. The Morgan fingerprint density at radius 1 is 1.08 bits per heavy atom. The van der Waals surface area contributed by atoms with Crippen LogP contribution in [0.3, 0.4) is 0 Å². The quantitative estimate of drug-likeness (QED) is 0.306. The van der Waals surface area contributed by atoms with E-state index in [2.05, 4.69) is 10.6 Å². The Labute approximate surface area is 223 Å². The minimum atomic E-state index is -0.792. The largest absolute Gasteiger partial charge is 0.463 e. The summed E-state index contributed by atoms with van der Waals surface area (Å²) in [5.41, 5.74) is 0.894. The molecule has 0 spiro atoms. The van der Waals surface area contributed by atoms with Gasteiger partial charge in [0.15, 0.2) is 0 Å². The lowest BCUT2D eigenvalue weighted by Crippen LogP contribution is -2.60. The number of nitrogens with one attached hydrogen (secondary N) is 2. The molecule has 0 aromatic heterocycles. The molecular weight excluding hydrogens is 470 g/mol. The van der Waals surface area contributed by atoms with Crippen molar-refractivity contribution in [2.45, 2.75) is 86.2 Å². The van der Waals surface area contributed by atoms with Gasteiger partial charge in [-0.1, -0.05) is 71.0 Å². The maximum atomic E-state index is 13.8. The van der Waals surface area contributed by atoms with Crippen LogP contribution in [0, 0.1) is 11.3 Å². The summed E-state index contributed by atoms with van der Waals surface area (Å²) in [7, 11) is 3.40. The van der Waals surface area contributed by atoms with E-state index in [4.69, 9.17) is 9.47 Å². The van der Waals surface area contributed by atoms with Gasteiger partial charge in [-0.05, 0) is 44.7 Å². The van der Waals surface area contributed by atoms with Gasteiger partial charge in [0, 0.05) is 12.6 Å². The minimum Gasteiger partial charge on any atom is -0.463 e. The van der Waals surface area contributed by atoms with E-state index in [1.165, 1.54) is 0 Å². The first-order valence-corrected chi connectivity index (χ1v) is 13.0. The van der Waals surface area contributed by atoms with Crippen molar-refractivity contribution in [2.24, 2.45) is 11.3 Å². The number of nitrogens with zero attached hydrogens (tertiary/aromatic N) is 1. The van der Waals surface area contributed by atoms with Crippen LogP contribution in [0.2, 0.25) is 0 Å². The maximum absolute atomic E-state index is 13.8. The zero-order valence-electron chi connectivity index (χ0n) is 24.3. The van der Waals surface area contributed by atoms with Crippen molar-refractivity contribution >= 4 is 17.8 Å². The first kappa shape index (κ1) is 32.3. The van der Waals surface area contributed by atoms with Gasteiger partial charge in [0.2, 0.25) is 11.8 Å². The molecule has 1 aromatic rings. The molecule has 208 valence electrons. The molecule has 2 amide bonds. The van der Waals surface area contributed by atoms with Crippen molar-refractivity contribution in [1.29, 1.82) is 0 Å². The lowest BCUT2D eigenvalue weighted by molar-refractivity contribution is -0.141. The van der Waals surface area contributed by atoms with E-state index in [0.29, 0.717) is 12.2 Å². The van der Waals surface area contributed by atoms with Crippen molar-refractivity contribution in [3.63, 3.8) is 0 Å². The second-order valence-corrected chi connectivity index (χ2v) is 10.8. The maximum Gasteiger partial charge on any atom is 0.333 e. The van der Waals surface area contributed by atoms with Crippen LogP contribution in [0.25, 0.3) is 0 Å². The minimum absolute atomic E-state index is 0.0334. The van der Waals surface area contributed by atoms with E-state index in [9.17, 15) is 14.4 Å². The summed E-state index contributed by atoms with van der Waals surface area (Å²) in [6, 6.07) is 7.95. The van der Waals surface area contributed by atoms with Gasteiger partial charge >= 0.3 is 5.97 Å². The molecule has 1 unspecified atom stereocenters. The van der Waals surface area contributed by atoms with Gasteiger partial charge in [0.25, 0.3) is 0 Å². The fraction of sp³-hybridized carbons (Fsp3) is 0.621. The molecule has 8 nitrogen and oxygen atoms in total. The molecule has 0 bridgehead atoms. The Kier molecular flexibility index (Phi) is 13.0. The summed E-state index contributed by atoms with van der Waals surface area (Å²) < 4.78 is 11.1. The van der Waals surface area contributed by atoms with Crippen LogP contribution in [-0.4, -0.2) is 67.6 Å². The van der Waals surface area contributed by atoms with Crippen LogP contribution in [0.1, 0.15) is 61.0 Å². The van der Waals surface area contributed by atoms with E-state index in [1.54, 1.807) is 38.9 Å². The van der Waals surface area contributed by atoms with Crippen LogP contribution in [0.5, 0.6) is 0 Å². The summed E-state index contributed by atoms with van der Waals surface area (Å²) in [6.45, 7) is 15.6. The molecule has 0 aliphatic rings. The normalized spacial score (nSPS) is 15.5. The Balaban J connectivity index is 3.08. The number of rotatable bonds is 13. The Morgan fingerprint density at radius 2 is 1.68 bits per heavy atom. The third-order valence-electron chi connectivity index (χ3n) is 6.31. The highest BCUT2D eigenvalue weighted by Gasteiger charge is 2.38. The first-order valence-electron chi connectivity index (χ1n) is 13.0. The summed E-state index contributed by atoms with van der Waals surface area (Å²) in [6.07, 6.45) is 1.33. The Morgan fingerprint density at radius 3 is 2.16 bits per heavy atom. The first-order chi connectivity index (χ1) is 17.2. The molecule has 0 fully saturated rings. The van der Waals surface area contributed by atoms with Gasteiger partial charge in [0.05, 0.1) is 25.4 Å². The summed E-state index contributed by atoms with van der Waals surface area (Å²) >= 11 is 0. The highest BCUT2D eigenvalue weighted by molar-refractivity contribution is 5.91. The van der Waals surface area contributed by atoms with Crippen LogP contribution in [-0.2, 0) is 30.5 Å². The zero-order chi connectivity index (χ0) is 28.3. The third-order valence-corrected chi connectivity index (χ3v) is 6.31. The lowest BCUT2D eigenvalue weighted by Gasteiger charge is -2.38.